The number of rotatable bonds is 8. The molecule has 0 amide bonds. The largest absolute Gasteiger partial charge is 0.481 e. The minimum atomic E-state index is -0.848. The Labute approximate surface area is 283 Å². The molecule has 3 aliphatic carbocycles. The van der Waals surface area contributed by atoms with Gasteiger partial charge < -0.3 is 20.4 Å². The minimum absolute atomic E-state index is 0.0602. The Hall–Kier alpha value is -3.16. The van der Waals surface area contributed by atoms with Crippen LogP contribution in [0.3, 0.4) is 0 Å². The number of carboxylic acid groups (broad SMARTS) is 4. The van der Waals surface area contributed by atoms with Crippen molar-refractivity contribution in [2.24, 2.45) is 41.4 Å². The van der Waals surface area contributed by atoms with Crippen molar-refractivity contribution in [2.45, 2.75) is 132 Å². The zero-order valence-electron chi connectivity index (χ0n) is 30.1. The molecule has 4 atom stereocenters. The molecule has 4 N–H and O–H groups in total. The highest BCUT2D eigenvalue weighted by Crippen LogP contribution is 2.37. The van der Waals surface area contributed by atoms with Crippen LogP contribution in [0.1, 0.15) is 148 Å². The molecular weight excluding hydrogens is 596 g/mol. The maximum Gasteiger partial charge on any atom is 0.335 e. The summed E-state index contributed by atoms with van der Waals surface area (Å²) in [6.45, 7) is 16.6. The fourth-order valence-corrected chi connectivity index (χ4v) is 7.36. The van der Waals surface area contributed by atoms with Crippen LogP contribution in [0.5, 0.6) is 0 Å². The Morgan fingerprint density at radius 3 is 1.43 bits per heavy atom. The number of allylic oxidation sites excluding steroid dienone is 1. The van der Waals surface area contributed by atoms with Crippen LogP contribution in [0.4, 0.5) is 0 Å². The van der Waals surface area contributed by atoms with E-state index in [2.05, 4.69) is 41.5 Å². The summed E-state index contributed by atoms with van der Waals surface area (Å²) in [6.07, 6.45) is 11.3. The van der Waals surface area contributed by atoms with Gasteiger partial charge in [-0.1, -0.05) is 98.4 Å². The molecule has 0 saturated heterocycles. The van der Waals surface area contributed by atoms with Crippen LogP contribution in [0, 0.1) is 41.4 Å². The van der Waals surface area contributed by atoms with Crippen molar-refractivity contribution in [3.63, 3.8) is 0 Å². The van der Waals surface area contributed by atoms with Crippen molar-refractivity contribution in [1.82, 2.24) is 0 Å². The van der Waals surface area contributed by atoms with E-state index in [1.807, 2.05) is 26.0 Å². The Morgan fingerprint density at radius 1 is 0.574 bits per heavy atom. The number of hydrogen-bond acceptors (Lipinski definition) is 4. The Kier molecular flexibility index (Phi) is 18.7. The van der Waals surface area contributed by atoms with Gasteiger partial charge in [-0.2, -0.15) is 0 Å². The fraction of sp³-hybridized carbons (Fsp3) is 0.692. The van der Waals surface area contributed by atoms with E-state index < -0.39 is 23.9 Å². The van der Waals surface area contributed by atoms with Gasteiger partial charge in [-0.3, -0.25) is 9.59 Å². The monoisotopic (exact) mass is 658 g/mol. The SMILES string of the molecule is CC(C)C1=C(C(=O)O)CCCC1.CC(C)C1CCCC1C(=O)O.CC(C)C1CCCCC1C(=O)O.CC(C)c1ccccc1C(=O)O. The maximum atomic E-state index is 10.9. The predicted molar refractivity (Wildman–Crippen MR) is 187 cm³/mol. The Balaban J connectivity index is 0.000000314. The van der Waals surface area contributed by atoms with Crippen molar-refractivity contribution >= 4 is 23.9 Å². The van der Waals surface area contributed by atoms with E-state index in [0.29, 0.717) is 40.7 Å². The fourth-order valence-electron chi connectivity index (χ4n) is 7.36. The quantitative estimate of drug-likeness (QED) is 0.216. The van der Waals surface area contributed by atoms with Crippen molar-refractivity contribution < 1.29 is 39.6 Å². The van der Waals surface area contributed by atoms with Crippen LogP contribution in [-0.2, 0) is 14.4 Å². The molecule has 0 aromatic heterocycles. The first-order valence-corrected chi connectivity index (χ1v) is 17.7. The summed E-state index contributed by atoms with van der Waals surface area (Å²) < 4.78 is 0. The van der Waals surface area contributed by atoms with E-state index in [4.69, 9.17) is 20.4 Å². The average Bonchev–Trinajstić information content (AvgIpc) is 3.53. The number of carbonyl (C=O) groups is 4. The summed E-state index contributed by atoms with van der Waals surface area (Å²) in [6, 6.07) is 7.10. The minimum Gasteiger partial charge on any atom is -0.481 e. The predicted octanol–water partition coefficient (Wildman–Crippen LogP) is 9.78. The smallest absolute Gasteiger partial charge is 0.335 e. The molecule has 3 aliphatic rings. The van der Waals surface area contributed by atoms with E-state index in [1.165, 1.54) is 6.42 Å². The molecule has 0 heterocycles. The third-order valence-corrected chi connectivity index (χ3v) is 10.0. The highest BCUT2D eigenvalue weighted by molar-refractivity contribution is 5.89. The maximum absolute atomic E-state index is 10.9. The van der Waals surface area contributed by atoms with Gasteiger partial charge in [0.25, 0.3) is 0 Å². The highest BCUT2D eigenvalue weighted by Gasteiger charge is 2.34. The summed E-state index contributed by atoms with van der Waals surface area (Å²) in [4.78, 5) is 43.1. The van der Waals surface area contributed by atoms with Gasteiger partial charge in [0.05, 0.1) is 17.4 Å². The molecule has 8 heteroatoms. The topological polar surface area (TPSA) is 149 Å². The number of carboxylic acids is 4. The van der Waals surface area contributed by atoms with Crippen LogP contribution in [-0.4, -0.2) is 44.3 Å². The van der Waals surface area contributed by atoms with E-state index >= 15 is 0 Å². The van der Waals surface area contributed by atoms with Crippen LogP contribution in [0.25, 0.3) is 0 Å². The number of benzene rings is 1. The van der Waals surface area contributed by atoms with Gasteiger partial charge in [-0.25, -0.2) is 9.59 Å². The lowest BCUT2D eigenvalue weighted by molar-refractivity contribution is -0.146. The van der Waals surface area contributed by atoms with Crippen molar-refractivity contribution in [1.29, 1.82) is 0 Å². The van der Waals surface area contributed by atoms with Gasteiger partial charge in [0.2, 0.25) is 0 Å². The molecule has 2 saturated carbocycles. The molecule has 1 aromatic carbocycles. The van der Waals surface area contributed by atoms with Gasteiger partial charge in [-0.15, -0.1) is 0 Å². The first kappa shape index (κ1) is 41.9. The van der Waals surface area contributed by atoms with Crippen LogP contribution in [0.2, 0.25) is 0 Å². The Bertz CT molecular complexity index is 1180. The van der Waals surface area contributed by atoms with Gasteiger partial charge >= 0.3 is 23.9 Å². The number of hydrogen-bond donors (Lipinski definition) is 4. The van der Waals surface area contributed by atoms with E-state index in [-0.39, 0.29) is 17.8 Å². The Morgan fingerprint density at radius 2 is 1.04 bits per heavy atom. The second-order valence-electron chi connectivity index (χ2n) is 14.6. The van der Waals surface area contributed by atoms with Crippen molar-refractivity contribution in [3.8, 4) is 0 Å². The van der Waals surface area contributed by atoms with Gasteiger partial charge in [0.15, 0.2) is 0 Å². The zero-order chi connectivity index (χ0) is 35.8. The molecule has 0 radical (unpaired) electrons. The van der Waals surface area contributed by atoms with Crippen molar-refractivity contribution in [3.05, 3.63) is 46.5 Å². The summed E-state index contributed by atoms with van der Waals surface area (Å²) in [5.41, 5.74) is 3.14. The van der Waals surface area contributed by atoms with Gasteiger partial charge in [-0.05, 0) is 98.5 Å². The summed E-state index contributed by atoms with van der Waals surface area (Å²) in [5.74, 6) is -0.330. The molecule has 4 unspecified atom stereocenters. The third kappa shape index (κ3) is 13.8. The van der Waals surface area contributed by atoms with E-state index in [0.717, 1.165) is 75.3 Å². The lowest BCUT2D eigenvalue weighted by atomic mass is 9.73. The van der Waals surface area contributed by atoms with Crippen LogP contribution >= 0.6 is 0 Å². The molecule has 47 heavy (non-hydrogen) atoms. The summed E-state index contributed by atoms with van der Waals surface area (Å²) in [7, 11) is 0. The zero-order valence-corrected chi connectivity index (χ0v) is 30.1. The third-order valence-electron chi connectivity index (χ3n) is 10.0. The lowest BCUT2D eigenvalue weighted by Gasteiger charge is -2.31. The molecule has 2 fully saturated rings. The normalized spacial score (nSPS) is 22.5. The molecule has 266 valence electrons. The standard InChI is InChI=1S/C10H18O2.C10H16O2.C10H12O2.C9H16O2/c3*1-7(2)8-5-3-4-6-9(8)10(11)12;1-6(2)7-4-3-5-8(7)9(10)11/h7-9H,3-6H2,1-2H3,(H,11,12);7H,3-6H2,1-2H3,(H,11,12);3-7H,1-2H3,(H,11,12);6-8H,3-5H2,1-2H3,(H,10,11). The van der Waals surface area contributed by atoms with E-state index in [9.17, 15) is 19.2 Å². The molecule has 0 spiro atoms. The molecule has 1 aromatic rings. The number of aromatic carboxylic acids is 1. The van der Waals surface area contributed by atoms with Gasteiger partial charge in [0.1, 0.15) is 0 Å². The van der Waals surface area contributed by atoms with Crippen LogP contribution in [0.15, 0.2) is 35.4 Å². The van der Waals surface area contributed by atoms with Gasteiger partial charge in [0, 0.05) is 5.57 Å². The lowest BCUT2D eigenvalue weighted by Crippen LogP contribution is -2.30. The van der Waals surface area contributed by atoms with Crippen molar-refractivity contribution in [2.75, 3.05) is 0 Å². The summed E-state index contributed by atoms with van der Waals surface area (Å²) in [5, 5.41) is 35.5. The van der Waals surface area contributed by atoms with Crippen LogP contribution < -0.4 is 0 Å². The molecular formula is C39H62O8. The molecule has 8 nitrogen and oxygen atoms in total. The first-order chi connectivity index (χ1) is 22.0. The average molecular weight is 659 g/mol. The van der Waals surface area contributed by atoms with E-state index in [1.54, 1.807) is 12.1 Å². The highest BCUT2D eigenvalue weighted by atomic mass is 16.4. The number of aliphatic carboxylic acids is 3. The second-order valence-corrected chi connectivity index (χ2v) is 14.6. The molecule has 0 bridgehead atoms. The second kappa shape index (κ2) is 20.9. The molecule has 0 aliphatic heterocycles. The summed E-state index contributed by atoms with van der Waals surface area (Å²) >= 11 is 0. The molecule has 4 rings (SSSR count). The first-order valence-electron chi connectivity index (χ1n) is 17.7.